The number of nitrogens with one attached hydrogen (secondary N) is 1. The molecule has 0 saturated carbocycles. The molecule has 0 amide bonds. The number of hydrogen-bond acceptors (Lipinski definition) is 2. The topological polar surface area (TPSA) is 26.2 Å². The summed E-state index contributed by atoms with van der Waals surface area (Å²) in [7, 11) is 1.66. The van der Waals surface area contributed by atoms with Crippen molar-refractivity contribution >= 4 is 10.9 Å². The van der Waals surface area contributed by atoms with Crippen molar-refractivity contribution in [1.29, 1.82) is 0 Å². The number of alkyl halides is 2. The van der Waals surface area contributed by atoms with E-state index in [-0.39, 0.29) is 6.54 Å². The van der Waals surface area contributed by atoms with E-state index in [1.165, 1.54) is 0 Å². The molecule has 0 aliphatic heterocycles. The molecule has 0 aliphatic rings. The Morgan fingerprint density at radius 1 is 1.32 bits per heavy atom. The maximum atomic E-state index is 12.5. The van der Waals surface area contributed by atoms with E-state index in [1.54, 1.807) is 17.9 Å². The number of hydrogen-bond donors (Lipinski definition) is 1. The van der Waals surface area contributed by atoms with Crippen LogP contribution in [0, 0.1) is 0 Å². The Morgan fingerprint density at radius 2 is 2.16 bits per heavy atom. The first-order chi connectivity index (χ1) is 9.22. The fourth-order valence-electron chi connectivity index (χ4n) is 2.15. The van der Waals surface area contributed by atoms with Crippen LogP contribution in [0.1, 0.15) is 5.56 Å². The lowest BCUT2D eigenvalue weighted by Gasteiger charge is -2.08. The highest BCUT2D eigenvalue weighted by Crippen LogP contribution is 2.21. The van der Waals surface area contributed by atoms with Gasteiger partial charge in [0.15, 0.2) is 0 Å². The molecule has 0 unspecified atom stereocenters. The molecule has 5 heteroatoms. The minimum absolute atomic E-state index is 0.260. The average molecular weight is 268 g/mol. The van der Waals surface area contributed by atoms with Crippen molar-refractivity contribution < 1.29 is 13.5 Å². The van der Waals surface area contributed by atoms with Crippen molar-refractivity contribution in [3.63, 3.8) is 0 Å². The van der Waals surface area contributed by atoms with E-state index in [2.05, 4.69) is 5.32 Å². The third-order valence-electron chi connectivity index (χ3n) is 3.04. The standard InChI is InChI=1S/C14H18F2N2O/c1-19-8-6-17-9-11-3-2-4-13-12(11)5-7-18(13)10-14(15)16/h2-5,7,14,17H,6,8-10H2,1H3. The predicted molar refractivity (Wildman–Crippen MR) is 71.5 cm³/mol. The van der Waals surface area contributed by atoms with Gasteiger partial charge in [-0.2, -0.15) is 0 Å². The third kappa shape index (κ3) is 3.52. The van der Waals surface area contributed by atoms with Crippen molar-refractivity contribution in [3.8, 4) is 0 Å². The minimum atomic E-state index is -2.33. The largest absolute Gasteiger partial charge is 0.383 e. The molecule has 3 nitrogen and oxygen atoms in total. The zero-order valence-corrected chi connectivity index (χ0v) is 10.9. The Balaban J connectivity index is 2.14. The molecule has 1 N–H and O–H groups in total. The van der Waals surface area contributed by atoms with Crippen LogP contribution in [0.25, 0.3) is 10.9 Å². The van der Waals surface area contributed by atoms with Gasteiger partial charge >= 0.3 is 0 Å². The van der Waals surface area contributed by atoms with Crippen LogP contribution in [0.3, 0.4) is 0 Å². The second kappa shape index (κ2) is 6.63. The Hall–Kier alpha value is -1.46. The van der Waals surface area contributed by atoms with E-state index in [0.717, 1.165) is 23.0 Å². The highest BCUT2D eigenvalue weighted by molar-refractivity contribution is 5.83. The molecule has 2 aromatic rings. The van der Waals surface area contributed by atoms with Crippen LogP contribution in [0.4, 0.5) is 8.78 Å². The van der Waals surface area contributed by atoms with Gasteiger partial charge in [0.2, 0.25) is 0 Å². The van der Waals surface area contributed by atoms with Crippen molar-refractivity contribution in [2.75, 3.05) is 20.3 Å². The number of fused-ring (bicyclic) bond motifs is 1. The molecule has 0 atom stereocenters. The predicted octanol–water partition coefficient (Wildman–Crippen LogP) is 2.64. The first-order valence-corrected chi connectivity index (χ1v) is 6.27. The van der Waals surface area contributed by atoms with E-state index in [9.17, 15) is 8.78 Å². The number of nitrogens with zero attached hydrogens (tertiary/aromatic N) is 1. The summed E-state index contributed by atoms with van der Waals surface area (Å²) >= 11 is 0. The summed E-state index contributed by atoms with van der Waals surface area (Å²) in [5, 5.41) is 4.28. The summed E-state index contributed by atoms with van der Waals surface area (Å²) in [4.78, 5) is 0. The normalized spacial score (nSPS) is 11.6. The fourth-order valence-corrected chi connectivity index (χ4v) is 2.15. The van der Waals surface area contributed by atoms with Crippen molar-refractivity contribution in [2.24, 2.45) is 0 Å². The molecule has 0 fully saturated rings. The quantitative estimate of drug-likeness (QED) is 0.781. The second-order valence-electron chi connectivity index (χ2n) is 4.38. The summed E-state index contributed by atoms with van der Waals surface area (Å²) in [6, 6.07) is 7.67. The van der Waals surface area contributed by atoms with Gasteiger partial charge in [0.05, 0.1) is 13.2 Å². The van der Waals surface area contributed by atoms with E-state index < -0.39 is 6.43 Å². The number of benzene rings is 1. The molecular weight excluding hydrogens is 250 g/mol. The Morgan fingerprint density at radius 3 is 2.89 bits per heavy atom. The van der Waals surface area contributed by atoms with E-state index in [0.29, 0.717) is 13.2 Å². The van der Waals surface area contributed by atoms with E-state index >= 15 is 0 Å². The highest BCUT2D eigenvalue weighted by atomic mass is 19.3. The average Bonchev–Trinajstić information content (AvgIpc) is 2.78. The molecule has 0 spiro atoms. The molecule has 1 heterocycles. The van der Waals surface area contributed by atoms with Gasteiger partial charge in [0, 0.05) is 37.3 Å². The monoisotopic (exact) mass is 268 g/mol. The molecule has 1 aromatic carbocycles. The molecule has 1 aromatic heterocycles. The van der Waals surface area contributed by atoms with Crippen LogP contribution in [-0.4, -0.2) is 31.3 Å². The maximum absolute atomic E-state index is 12.5. The second-order valence-corrected chi connectivity index (χ2v) is 4.38. The minimum Gasteiger partial charge on any atom is -0.383 e. The van der Waals surface area contributed by atoms with Crippen LogP contribution in [0.2, 0.25) is 0 Å². The summed E-state index contributed by atoms with van der Waals surface area (Å²) in [5.41, 5.74) is 1.97. The Bertz CT molecular complexity index is 525. The van der Waals surface area contributed by atoms with Crippen molar-refractivity contribution in [3.05, 3.63) is 36.0 Å². The number of ether oxygens (including phenoxy) is 1. The molecular formula is C14H18F2N2O. The summed E-state index contributed by atoms with van der Waals surface area (Å²) in [6.45, 7) is 1.87. The maximum Gasteiger partial charge on any atom is 0.256 e. The molecule has 0 saturated heterocycles. The molecule has 0 radical (unpaired) electrons. The van der Waals surface area contributed by atoms with E-state index in [4.69, 9.17) is 4.74 Å². The number of halogens is 2. The van der Waals surface area contributed by atoms with Gasteiger partial charge in [-0.25, -0.2) is 8.78 Å². The molecule has 0 bridgehead atoms. The summed E-state index contributed by atoms with van der Waals surface area (Å²) in [5.74, 6) is 0. The van der Waals surface area contributed by atoms with Gasteiger partial charge < -0.3 is 14.6 Å². The number of methoxy groups -OCH3 is 1. The molecule has 2 rings (SSSR count). The van der Waals surface area contributed by atoms with Crippen LogP contribution < -0.4 is 5.32 Å². The molecule has 104 valence electrons. The summed E-state index contributed by atoms with van der Waals surface area (Å²) < 4.78 is 31.5. The first-order valence-electron chi connectivity index (χ1n) is 6.27. The number of rotatable bonds is 7. The lowest BCUT2D eigenvalue weighted by molar-refractivity contribution is 0.128. The van der Waals surface area contributed by atoms with Crippen molar-refractivity contribution in [2.45, 2.75) is 19.5 Å². The Labute approximate surface area is 111 Å². The zero-order valence-electron chi connectivity index (χ0n) is 10.9. The van der Waals surface area contributed by atoms with Gasteiger partial charge in [-0.3, -0.25) is 0 Å². The lowest BCUT2D eigenvalue weighted by atomic mass is 10.1. The highest BCUT2D eigenvalue weighted by Gasteiger charge is 2.09. The summed E-state index contributed by atoms with van der Waals surface area (Å²) in [6.07, 6.45) is -0.616. The van der Waals surface area contributed by atoms with Gasteiger partial charge in [0.25, 0.3) is 6.43 Å². The SMILES string of the molecule is COCCNCc1cccc2c1ccn2CC(F)F. The lowest BCUT2D eigenvalue weighted by Crippen LogP contribution is -2.18. The number of aromatic nitrogens is 1. The van der Waals surface area contributed by atoms with Crippen molar-refractivity contribution in [1.82, 2.24) is 9.88 Å². The molecule has 19 heavy (non-hydrogen) atoms. The smallest absolute Gasteiger partial charge is 0.256 e. The van der Waals surface area contributed by atoms with E-state index in [1.807, 2.05) is 24.3 Å². The van der Waals surface area contributed by atoms with Crippen LogP contribution in [0.5, 0.6) is 0 Å². The zero-order chi connectivity index (χ0) is 13.7. The Kier molecular flexibility index (Phi) is 4.87. The third-order valence-corrected chi connectivity index (χ3v) is 3.04. The van der Waals surface area contributed by atoms with Gasteiger partial charge in [-0.15, -0.1) is 0 Å². The van der Waals surface area contributed by atoms with Crippen LogP contribution in [0.15, 0.2) is 30.5 Å². The van der Waals surface area contributed by atoms with Gasteiger partial charge in [0.1, 0.15) is 0 Å². The first kappa shape index (κ1) is 14.0. The van der Waals surface area contributed by atoms with Gasteiger partial charge in [-0.1, -0.05) is 12.1 Å². The van der Waals surface area contributed by atoms with Gasteiger partial charge in [-0.05, 0) is 17.7 Å². The van der Waals surface area contributed by atoms with Crippen LogP contribution >= 0.6 is 0 Å². The molecule has 0 aliphatic carbocycles. The van der Waals surface area contributed by atoms with Crippen LogP contribution in [-0.2, 0) is 17.8 Å². The fraction of sp³-hybridized carbons (Fsp3) is 0.429.